The summed E-state index contributed by atoms with van der Waals surface area (Å²) in [7, 11) is 0. The number of pyridine rings is 1. The van der Waals surface area contributed by atoms with Crippen molar-refractivity contribution in [1.29, 1.82) is 0 Å². The second-order valence-electron chi connectivity index (χ2n) is 5.39. The van der Waals surface area contributed by atoms with Crippen molar-refractivity contribution in [3.63, 3.8) is 0 Å². The molecule has 1 heterocycles. The first-order valence-electron chi connectivity index (χ1n) is 7.15. The number of aromatic nitrogens is 1. The van der Waals surface area contributed by atoms with E-state index in [0.717, 1.165) is 18.2 Å². The maximum absolute atomic E-state index is 9.17. The van der Waals surface area contributed by atoms with Gasteiger partial charge in [0.05, 0.1) is 11.9 Å². The first kappa shape index (κ1) is 13.3. The molecule has 100 valence electrons. The summed E-state index contributed by atoms with van der Waals surface area (Å²) < 4.78 is 0. The second kappa shape index (κ2) is 6.74. The number of hydrogen-bond acceptors (Lipinski definition) is 3. The van der Waals surface area contributed by atoms with E-state index in [1.54, 1.807) is 6.07 Å². The van der Waals surface area contributed by atoms with Crippen molar-refractivity contribution < 1.29 is 5.11 Å². The first-order valence-corrected chi connectivity index (χ1v) is 7.15. The van der Waals surface area contributed by atoms with Gasteiger partial charge in [-0.2, -0.15) is 0 Å². The summed E-state index contributed by atoms with van der Waals surface area (Å²) >= 11 is 0. The Morgan fingerprint density at radius 3 is 2.67 bits per heavy atom. The first-order chi connectivity index (χ1) is 8.78. The summed E-state index contributed by atoms with van der Waals surface area (Å²) in [6, 6.07) is 4.22. The molecule has 0 radical (unpaired) electrons. The zero-order valence-corrected chi connectivity index (χ0v) is 11.2. The summed E-state index contributed by atoms with van der Waals surface area (Å²) in [6.45, 7) is 3.09. The Morgan fingerprint density at radius 1 is 1.28 bits per heavy atom. The van der Waals surface area contributed by atoms with E-state index in [1.807, 2.05) is 6.07 Å². The Bertz CT molecular complexity index is 342. The third-order valence-electron chi connectivity index (χ3n) is 3.92. The highest BCUT2D eigenvalue weighted by Crippen LogP contribution is 2.27. The van der Waals surface area contributed by atoms with Crippen LogP contribution < -0.4 is 5.32 Å². The molecule has 0 bridgehead atoms. The molecule has 2 N–H and O–H groups in total. The van der Waals surface area contributed by atoms with Gasteiger partial charge in [-0.05, 0) is 43.7 Å². The van der Waals surface area contributed by atoms with Gasteiger partial charge in [0, 0.05) is 12.6 Å². The van der Waals surface area contributed by atoms with Crippen molar-refractivity contribution in [2.75, 3.05) is 0 Å². The Balaban J connectivity index is 1.70. The predicted molar refractivity (Wildman–Crippen MR) is 73.4 cm³/mol. The highest BCUT2D eigenvalue weighted by atomic mass is 16.3. The minimum Gasteiger partial charge on any atom is -0.506 e. The standard InChI is InChI=1S/C15H24N2O/c1-2-3-12-4-6-13(7-5-12)16-10-14-8-9-15(18)11-17-14/h8-9,11-13,16,18H,2-7,10H2,1H3. The number of rotatable bonds is 5. The lowest BCUT2D eigenvalue weighted by molar-refractivity contribution is 0.277. The molecular formula is C15H24N2O. The molecule has 1 aromatic heterocycles. The fourth-order valence-electron chi connectivity index (χ4n) is 2.83. The van der Waals surface area contributed by atoms with Gasteiger partial charge in [0.1, 0.15) is 5.75 Å². The molecule has 3 nitrogen and oxygen atoms in total. The molecule has 0 atom stereocenters. The predicted octanol–water partition coefficient (Wildman–Crippen LogP) is 3.24. The van der Waals surface area contributed by atoms with E-state index < -0.39 is 0 Å². The van der Waals surface area contributed by atoms with Gasteiger partial charge in [0.2, 0.25) is 0 Å². The van der Waals surface area contributed by atoms with E-state index in [4.69, 9.17) is 0 Å². The Kier molecular flexibility index (Phi) is 5.00. The van der Waals surface area contributed by atoms with Crippen LogP contribution in [0.2, 0.25) is 0 Å². The SMILES string of the molecule is CCCC1CCC(NCc2ccc(O)cn2)CC1. The fraction of sp³-hybridized carbons (Fsp3) is 0.667. The fourth-order valence-corrected chi connectivity index (χ4v) is 2.83. The van der Waals surface area contributed by atoms with Crippen molar-refractivity contribution >= 4 is 0 Å². The molecule has 18 heavy (non-hydrogen) atoms. The molecule has 1 aromatic rings. The zero-order chi connectivity index (χ0) is 12.8. The molecule has 1 fully saturated rings. The quantitative estimate of drug-likeness (QED) is 0.841. The van der Waals surface area contributed by atoms with E-state index in [1.165, 1.54) is 44.7 Å². The molecular weight excluding hydrogens is 224 g/mol. The number of nitrogens with zero attached hydrogens (tertiary/aromatic N) is 1. The van der Waals surface area contributed by atoms with E-state index in [-0.39, 0.29) is 5.75 Å². The Hall–Kier alpha value is -1.09. The van der Waals surface area contributed by atoms with Gasteiger partial charge in [-0.25, -0.2) is 0 Å². The van der Waals surface area contributed by atoms with Crippen molar-refractivity contribution in [3.8, 4) is 5.75 Å². The molecule has 0 amide bonds. The third-order valence-corrected chi connectivity index (χ3v) is 3.92. The van der Waals surface area contributed by atoms with Gasteiger partial charge >= 0.3 is 0 Å². The van der Waals surface area contributed by atoms with Crippen molar-refractivity contribution in [3.05, 3.63) is 24.0 Å². The van der Waals surface area contributed by atoms with E-state index in [9.17, 15) is 5.11 Å². The normalized spacial score (nSPS) is 24.1. The third kappa shape index (κ3) is 3.98. The van der Waals surface area contributed by atoms with Crippen molar-refractivity contribution in [2.24, 2.45) is 5.92 Å². The lowest BCUT2D eigenvalue weighted by atomic mass is 9.83. The Morgan fingerprint density at radius 2 is 2.06 bits per heavy atom. The molecule has 0 unspecified atom stereocenters. The van der Waals surface area contributed by atoms with Gasteiger partial charge in [-0.1, -0.05) is 19.8 Å². The van der Waals surface area contributed by atoms with Gasteiger partial charge < -0.3 is 10.4 Å². The molecule has 1 aliphatic rings. The second-order valence-corrected chi connectivity index (χ2v) is 5.39. The lowest BCUT2D eigenvalue weighted by Crippen LogP contribution is -2.32. The molecule has 2 rings (SSSR count). The molecule has 3 heteroatoms. The van der Waals surface area contributed by atoms with E-state index in [2.05, 4.69) is 17.2 Å². The maximum Gasteiger partial charge on any atom is 0.133 e. The highest BCUT2D eigenvalue weighted by Gasteiger charge is 2.19. The van der Waals surface area contributed by atoms with Crippen LogP contribution in [0.25, 0.3) is 0 Å². The number of hydrogen-bond donors (Lipinski definition) is 2. The molecule has 0 saturated heterocycles. The van der Waals surface area contributed by atoms with Gasteiger partial charge in [0.15, 0.2) is 0 Å². The summed E-state index contributed by atoms with van der Waals surface area (Å²) in [4.78, 5) is 4.19. The van der Waals surface area contributed by atoms with Crippen LogP contribution in [-0.4, -0.2) is 16.1 Å². The summed E-state index contributed by atoms with van der Waals surface area (Å²) in [5.74, 6) is 1.19. The molecule has 0 aromatic carbocycles. The van der Waals surface area contributed by atoms with Gasteiger partial charge in [-0.3, -0.25) is 4.98 Å². The highest BCUT2D eigenvalue weighted by molar-refractivity contribution is 5.17. The van der Waals surface area contributed by atoms with E-state index in [0.29, 0.717) is 6.04 Å². The van der Waals surface area contributed by atoms with Crippen LogP contribution in [-0.2, 0) is 6.54 Å². The minimum absolute atomic E-state index is 0.235. The lowest BCUT2D eigenvalue weighted by Gasteiger charge is -2.29. The van der Waals surface area contributed by atoms with E-state index >= 15 is 0 Å². The van der Waals surface area contributed by atoms with Crippen LogP contribution in [0, 0.1) is 5.92 Å². The van der Waals surface area contributed by atoms with Gasteiger partial charge in [-0.15, -0.1) is 0 Å². The number of nitrogens with one attached hydrogen (secondary N) is 1. The van der Waals surface area contributed by atoms with Crippen molar-refractivity contribution in [1.82, 2.24) is 10.3 Å². The van der Waals surface area contributed by atoms with Crippen LogP contribution in [0.5, 0.6) is 5.75 Å². The summed E-state index contributed by atoms with van der Waals surface area (Å²) in [6.07, 6.45) is 9.55. The molecule has 0 spiro atoms. The largest absolute Gasteiger partial charge is 0.506 e. The average molecular weight is 248 g/mol. The maximum atomic E-state index is 9.17. The van der Waals surface area contributed by atoms with Crippen LogP contribution in [0.4, 0.5) is 0 Å². The zero-order valence-electron chi connectivity index (χ0n) is 11.2. The summed E-state index contributed by atoms with van der Waals surface area (Å²) in [5.41, 5.74) is 1.00. The van der Waals surface area contributed by atoms with Crippen LogP contribution in [0.1, 0.15) is 51.1 Å². The van der Waals surface area contributed by atoms with Gasteiger partial charge in [0.25, 0.3) is 0 Å². The van der Waals surface area contributed by atoms with Crippen LogP contribution in [0.15, 0.2) is 18.3 Å². The molecule has 1 saturated carbocycles. The average Bonchev–Trinajstić information content (AvgIpc) is 2.40. The van der Waals surface area contributed by atoms with Crippen molar-refractivity contribution in [2.45, 2.75) is 58.0 Å². The molecule has 0 aliphatic heterocycles. The smallest absolute Gasteiger partial charge is 0.133 e. The summed E-state index contributed by atoms with van der Waals surface area (Å²) in [5, 5.41) is 12.7. The van der Waals surface area contributed by atoms with Crippen LogP contribution in [0.3, 0.4) is 0 Å². The Labute approximate surface area is 110 Å². The monoisotopic (exact) mass is 248 g/mol. The number of aromatic hydroxyl groups is 1. The minimum atomic E-state index is 0.235. The topological polar surface area (TPSA) is 45.1 Å². The molecule has 1 aliphatic carbocycles. The van der Waals surface area contributed by atoms with Crippen LogP contribution >= 0.6 is 0 Å².